The first kappa shape index (κ1) is 28.5. The molecule has 0 spiro atoms. The number of aliphatic hydroxyl groups is 2. The van der Waals surface area contributed by atoms with Crippen molar-refractivity contribution in [1.29, 1.82) is 0 Å². The Morgan fingerprint density at radius 2 is 1.89 bits per heavy atom. The second kappa shape index (κ2) is 10.8. The second-order valence-electron chi connectivity index (χ2n) is 10.4. The van der Waals surface area contributed by atoms with Crippen molar-refractivity contribution in [3.05, 3.63) is 23.8 Å². The van der Waals surface area contributed by atoms with E-state index in [1.165, 1.54) is 18.2 Å². The molecule has 0 aromatic heterocycles. The fraction of sp³-hybridized carbons (Fsp3) is 0.667. The first-order chi connectivity index (χ1) is 16.9. The number of aliphatic hydroxyl groups excluding tert-OH is 2. The van der Waals surface area contributed by atoms with E-state index in [4.69, 9.17) is 10.2 Å². The minimum absolute atomic E-state index is 0.0432. The SMILES string of the molecule is CC12CC(O)[C@@]3(F)C(C[C@H](F)C4=CC(=O)C=CC43C)C1CCC2C(=O)SCC#CCO.CCC(=O)O. The number of hydrogen-bond donors (Lipinski definition) is 3. The molecule has 6 nitrogen and oxygen atoms in total. The number of carboxylic acid groups (broad SMARTS) is 1. The number of halogens is 2. The van der Waals surface area contributed by atoms with Gasteiger partial charge in [-0.15, -0.1) is 0 Å². The number of carboxylic acids is 1. The highest BCUT2D eigenvalue weighted by atomic mass is 32.2. The molecule has 3 fully saturated rings. The van der Waals surface area contributed by atoms with Crippen molar-refractivity contribution in [3.63, 3.8) is 0 Å². The maximum absolute atomic E-state index is 16.9. The summed E-state index contributed by atoms with van der Waals surface area (Å²) in [5.74, 6) is 3.06. The highest BCUT2D eigenvalue weighted by molar-refractivity contribution is 8.13. The van der Waals surface area contributed by atoms with Crippen molar-refractivity contribution in [1.82, 2.24) is 0 Å². The third-order valence-corrected chi connectivity index (χ3v) is 9.56. The molecule has 6 unspecified atom stereocenters. The summed E-state index contributed by atoms with van der Waals surface area (Å²) in [4.78, 5) is 34.2. The van der Waals surface area contributed by atoms with E-state index in [0.717, 1.165) is 11.8 Å². The average molecular weight is 525 g/mol. The van der Waals surface area contributed by atoms with Gasteiger partial charge in [-0.2, -0.15) is 0 Å². The molecular formula is C27H34F2O6S. The number of aliphatic carboxylic acids is 1. The highest BCUT2D eigenvalue weighted by Gasteiger charge is 2.72. The van der Waals surface area contributed by atoms with Crippen LogP contribution in [0.4, 0.5) is 8.78 Å². The largest absolute Gasteiger partial charge is 0.481 e. The summed E-state index contributed by atoms with van der Waals surface area (Å²) < 4.78 is 32.2. The van der Waals surface area contributed by atoms with Crippen LogP contribution in [0.3, 0.4) is 0 Å². The third-order valence-electron chi connectivity index (χ3n) is 8.70. The van der Waals surface area contributed by atoms with Crippen molar-refractivity contribution in [3.8, 4) is 11.8 Å². The van der Waals surface area contributed by atoms with Crippen molar-refractivity contribution in [2.24, 2.45) is 28.6 Å². The quantitative estimate of drug-likeness (QED) is 0.483. The topological polar surface area (TPSA) is 112 Å². The summed E-state index contributed by atoms with van der Waals surface area (Å²) in [6, 6.07) is 0. The highest BCUT2D eigenvalue weighted by Crippen LogP contribution is 2.69. The van der Waals surface area contributed by atoms with Gasteiger partial charge in [0.15, 0.2) is 16.6 Å². The Morgan fingerprint density at radius 1 is 1.22 bits per heavy atom. The van der Waals surface area contributed by atoms with Gasteiger partial charge < -0.3 is 15.3 Å². The van der Waals surface area contributed by atoms with Crippen LogP contribution in [0.15, 0.2) is 23.8 Å². The molecule has 36 heavy (non-hydrogen) atoms. The number of alkyl halides is 2. The van der Waals surface area contributed by atoms with E-state index in [0.29, 0.717) is 12.8 Å². The van der Waals surface area contributed by atoms with Crippen LogP contribution < -0.4 is 0 Å². The zero-order valence-corrected chi connectivity index (χ0v) is 21.6. The van der Waals surface area contributed by atoms with Gasteiger partial charge in [-0.1, -0.05) is 43.5 Å². The number of carbonyl (C=O) groups is 3. The van der Waals surface area contributed by atoms with Crippen LogP contribution in [0, 0.1) is 40.4 Å². The Balaban J connectivity index is 0.000000658. The van der Waals surface area contributed by atoms with Crippen molar-refractivity contribution >= 4 is 28.6 Å². The number of rotatable bonds is 3. The van der Waals surface area contributed by atoms with Crippen LogP contribution in [0.25, 0.3) is 0 Å². The molecule has 0 amide bonds. The number of fused-ring (bicyclic) bond motifs is 5. The first-order valence-electron chi connectivity index (χ1n) is 12.3. The van der Waals surface area contributed by atoms with Gasteiger partial charge >= 0.3 is 5.97 Å². The van der Waals surface area contributed by atoms with Crippen LogP contribution >= 0.6 is 11.8 Å². The van der Waals surface area contributed by atoms with E-state index < -0.39 is 40.7 Å². The number of allylic oxidation sites excluding steroid dienone is 4. The Kier molecular flexibility index (Phi) is 8.54. The predicted molar refractivity (Wildman–Crippen MR) is 132 cm³/mol. The van der Waals surface area contributed by atoms with Gasteiger partial charge in [-0.05, 0) is 61.7 Å². The van der Waals surface area contributed by atoms with Crippen LogP contribution in [0.1, 0.15) is 52.9 Å². The lowest BCUT2D eigenvalue weighted by Crippen LogP contribution is -2.68. The Hall–Kier alpha value is -2.02. The number of carbonyl (C=O) groups excluding carboxylic acids is 2. The fourth-order valence-electron chi connectivity index (χ4n) is 6.90. The zero-order valence-electron chi connectivity index (χ0n) is 20.8. The van der Waals surface area contributed by atoms with Crippen molar-refractivity contribution in [2.75, 3.05) is 12.4 Å². The summed E-state index contributed by atoms with van der Waals surface area (Å²) in [5, 5.41) is 27.6. The second-order valence-corrected chi connectivity index (χ2v) is 11.4. The maximum Gasteiger partial charge on any atom is 0.303 e. The molecule has 3 N–H and O–H groups in total. The maximum atomic E-state index is 16.9. The Morgan fingerprint density at radius 3 is 2.50 bits per heavy atom. The molecule has 4 rings (SSSR count). The summed E-state index contributed by atoms with van der Waals surface area (Å²) in [5.41, 5.74) is -3.99. The molecule has 198 valence electrons. The summed E-state index contributed by atoms with van der Waals surface area (Å²) in [7, 11) is 0. The van der Waals surface area contributed by atoms with E-state index in [2.05, 4.69) is 11.8 Å². The predicted octanol–water partition coefficient (Wildman–Crippen LogP) is 3.66. The lowest BCUT2D eigenvalue weighted by atomic mass is 9.45. The molecule has 4 aliphatic rings. The van der Waals surface area contributed by atoms with E-state index in [9.17, 15) is 19.5 Å². The first-order valence-corrected chi connectivity index (χ1v) is 13.3. The fourth-order valence-corrected chi connectivity index (χ4v) is 7.81. The summed E-state index contributed by atoms with van der Waals surface area (Å²) in [6.07, 6.45) is 2.48. The number of hydrogen-bond acceptors (Lipinski definition) is 6. The van der Waals surface area contributed by atoms with E-state index >= 15 is 8.78 Å². The molecule has 3 saturated carbocycles. The van der Waals surface area contributed by atoms with Gasteiger partial charge in [0, 0.05) is 23.7 Å². The normalized spacial score (nSPS) is 40.4. The van der Waals surface area contributed by atoms with Crippen molar-refractivity contribution in [2.45, 2.75) is 70.8 Å². The average Bonchev–Trinajstić information content (AvgIpc) is 3.17. The van der Waals surface area contributed by atoms with Gasteiger partial charge in [0.25, 0.3) is 0 Å². The third kappa shape index (κ3) is 4.68. The van der Waals surface area contributed by atoms with Gasteiger partial charge in [0.05, 0.1) is 11.9 Å². The molecule has 0 radical (unpaired) electrons. The lowest BCUT2D eigenvalue weighted by molar-refractivity contribution is -0.201. The number of thioether (sulfide) groups is 1. The minimum Gasteiger partial charge on any atom is -0.481 e. The monoisotopic (exact) mass is 524 g/mol. The molecule has 4 aliphatic carbocycles. The molecule has 0 saturated heterocycles. The zero-order chi connectivity index (χ0) is 26.9. The lowest BCUT2D eigenvalue weighted by Gasteiger charge is -2.62. The van der Waals surface area contributed by atoms with E-state index in [1.54, 1.807) is 13.8 Å². The Labute approximate surface area is 214 Å². The molecule has 0 aromatic carbocycles. The molecule has 0 heterocycles. The van der Waals surface area contributed by atoms with E-state index in [1.807, 2.05) is 6.92 Å². The minimum atomic E-state index is -2.10. The number of ketones is 1. The molecule has 9 heteroatoms. The molecule has 0 aliphatic heterocycles. The molecule has 0 aromatic rings. The van der Waals surface area contributed by atoms with Gasteiger partial charge in [0.2, 0.25) is 0 Å². The van der Waals surface area contributed by atoms with Crippen molar-refractivity contribution < 1.29 is 38.5 Å². The smallest absolute Gasteiger partial charge is 0.303 e. The van der Waals surface area contributed by atoms with Gasteiger partial charge in [-0.3, -0.25) is 14.4 Å². The molecular weight excluding hydrogens is 490 g/mol. The van der Waals surface area contributed by atoms with Gasteiger partial charge in [0.1, 0.15) is 12.8 Å². The van der Waals surface area contributed by atoms with E-state index in [-0.39, 0.29) is 59.9 Å². The summed E-state index contributed by atoms with van der Waals surface area (Å²) in [6.45, 7) is 4.85. The van der Waals surface area contributed by atoms with Crippen LogP contribution in [-0.4, -0.2) is 62.5 Å². The standard InChI is InChI=1S/C24H28F2O4S.C3H6O2/c1-22-13-20(29)24(26)17(12-19(25)18-11-14(28)7-8-23(18,24)2)15(22)5-6-16(22)21(30)31-10-4-3-9-27;1-2-3(4)5/h7-8,11,15-17,19-20,27,29H,5-6,9-10,12-13H2,1-2H3;2H2,1H3,(H,4,5)/t15?,16?,17?,19-,20?,22?,23?,24-;/m0./s1. The van der Waals surface area contributed by atoms with Gasteiger partial charge in [-0.25, -0.2) is 8.78 Å². The summed E-state index contributed by atoms with van der Waals surface area (Å²) >= 11 is 1.08. The molecule has 8 atom stereocenters. The van der Waals surface area contributed by atoms with Crippen LogP contribution in [-0.2, 0) is 14.4 Å². The molecule has 0 bridgehead atoms. The van der Waals surface area contributed by atoms with Crippen LogP contribution in [0.5, 0.6) is 0 Å². The Bertz CT molecular complexity index is 1030. The van der Waals surface area contributed by atoms with Crippen LogP contribution in [0.2, 0.25) is 0 Å².